The second-order valence-corrected chi connectivity index (χ2v) is 10.7. The lowest BCUT2D eigenvalue weighted by atomic mass is 9.65. The number of hydrogen-bond acceptors (Lipinski definition) is 3. The van der Waals surface area contributed by atoms with E-state index in [1.165, 1.54) is 38.8 Å². The van der Waals surface area contributed by atoms with E-state index in [1.54, 1.807) is 0 Å². The van der Waals surface area contributed by atoms with Crippen molar-refractivity contribution in [2.45, 2.75) is 85.1 Å². The predicted molar refractivity (Wildman–Crippen MR) is 138 cm³/mol. The van der Waals surface area contributed by atoms with Crippen LogP contribution >= 0.6 is 11.6 Å². The number of likely N-dealkylation sites (N-methyl/N-ethyl adjacent to an activating group) is 1. The zero-order valence-electron chi connectivity index (χ0n) is 20.3. The fourth-order valence-corrected chi connectivity index (χ4v) is 5.45. The van der Waals surface area contributed by atoms with Crippen molar-refractivity contribution in [3.63, 3.8) is 0 Å². The summed E-state index contributed by atoms with van der Waals surface area (Å²) in [5, 5.41) is 6.68. The molecule has 1 aliphatic carbocycles. The number of hydrogen-bond donors (Lipinski definition) is 2. The number of allylic oxidation sites excluding steroid dienone is 2. The molecule has 0 aromatic rings. The molecule has 2 saturated heterocycles. The molecule has 0 saturated carbocycles. The summed E-state index contributed by atoms with van der Waals surface area (Å²) in [6.45, 7) is 13.1. The van der Waals surface area contributed by atoms with Crippen LogP contribution in [0.3, 0.4) is 0 Å². The Hall–Kier alpha value is -0.660. The number of likely N-dealkylation sites (tertiary alicyclic amines) is 1. The van der Waals surface area contributed by atoms with Gasteiger partial charge in [-0.1, -0.05) is 53.7 Å². The van der Waals surface area contributed by atoms with Crippen LogP contribution in [0.4, 0.5) is 0 Å². The highest BCUT2D eigenvalue weighted by molar-refractivity contribution is 6.21. The van der Waals surface area contributed by atoms with Gasteiger partial charge in [0.2, 0.25) is 5.91 Å². The summed E-state index contributed by atoms with van der Waals surface area (Å²) in [6, 6.07) is -0.0751. The van der Waals surface area contributed by atoms with Gasteiger partial charge in [-0.15, -0.1) is 11.6 Å². The summed E-state index contributed by atoms with van der Waals surface area (Å²) in [6.07, 6.45) is 12.1. The van der Waals surface area contributed by atoms with E-state index in [9.17, 15) is 4.79 Å². The average Bonchev–Trinajstić information content (AvgIpc) is 2.70. The fourth-order valence-electron chi connectivity index (χ4n) is 5.24. The number of nitrogens with zero attached hydrogens (tertiary/aromatic N) is 1. The first kappa shape index (κ1) is 33.5. The van der Waals surface area contributed by atoms with Crippen molar-refractivity contribution < 1.29 is 15.7 Å². The number of nitrogens with one attached hydrogen (secondary N) is 2. The zero-order chi connectivity index (χ0) is 21.4. The Morgan fingerprint density at radius 3 is 2.09 bits per heavy atom. The normalized spacial score (nSPS) is 27.6. The van der Waals surface area contributed by atoms with Crippen molar-refractivity contribution in [3.05, 3.63) is 12.2 Å². The molecule has 6 nitrogen and oxygen atoms in total. The third-order valence-electron chi connectivity index (χ3n) is 6.93. The Kier molecular flexibility index (Phi) is 16.8. The summed E-state index contributed by atoms with van der Waals surface area (Å²) in [4.78, 5) is 14.9. The van der Waals surface area contributed by atoms with Crippen molar-refractivity contribution in [2.75, 3.05) is 33.2 Å². The molecule has 1 amide bonds. The number of amides is 1. The number of halogens is 1. The van der Waals surface area contributed by atoms with Gasteiger partial charge in [-0.2, -0.15) is 0 Å². The maximum Gasteiger partial charge on any atom is 0.239 e. The minimum Gasteiger partial charge on any atom is -0.412 e. The highest BCUT2D eigenvalue weighted by Gasteiger charge is 2.42. The first-order chi connectivity index (χ1) is 13.8. The van der Waals surface area contributed by atoms with Gasteiger partial charge in [-0.05, 0) is 75.4 Å². The highest BCUT2D eigenvalue weighted by Crippen LogP contribution is 2.43. The Bertz CT molecular complexity index is 527. The molecule has 2 aliphatic heterocycles. The molecule has 3 aliphatic rings. The highest BCUT2D eigenvalue weighted by atomic mass is 35.5. The summed E-state index contributed by atoms with van der Waals surface area (Å²) >= 11 is 6.19. The second-order valence-electron chi connectivity index (χ2n) is 10.1. The Morgan fingerprint density at radius 2 is 1.72 bits per heavy atom. The molecule has 0 aromatic heterocycles. The van der Waals surface area contributed by atoms with Gasteiger partial charge in [0.1, 0.15) is 0 Å². The van der Waals surface area contributed by atoms with E-state index < -0.39 is 0 Å². The van der Waals surface area contributed by atoms with E-state index in [4.69, 9.17) is 11.6 Å². The van der Waals surface area contributed by atoms with Crippen molar-refractivity contribution in [1.82, 2.24) is 15.5 Å². The molecular weight excluding hydrogens is 426 g/mol. The molecule has 2 heterocycles. The van der Waals surface area contributed by atoms with Crippen LogP contribution in [0.25, 0.3) is 0 Å². The lowest BCUT2D eigenvalue weighted by Crippen LogP contribution is -2.55. The van der Waals surface area contributed by atoms with Gasteiger partial charge in [0, 0.05) is 13.1 Å². The molecule has 7 heteroatoms. The van der Waals surface area contributed by atoms with E-state index in [2.05, 4.69) is 55.4 Å². The topological polar surface area (TPSA) is 107 Å². The minimum absolute atomic E-state index is 0. The third-order valence-corrected chi connectivity index (χ3v) is 7.30. The number of carbonyl (C=O) groups is 1. The molecule has 0 spiro atoms. The maximum absolute atomic E-state index is 12.8. The smallest absolute Gasteiger partial charge is 0.239 e. The van der Waals surface area contributed by atoms with E-state index in [0.717, 1.165) is 25.9 Å². The van der Waals surface area contributed by atoms with E-state index in [1.807, 2.05) is 7.05 Å². The van der Waals surface area contributed by atoms with Gasteiger partial charge < -0.3 is 26.5 Å². The van der Waals surface area contributed by atoms with Crippen LogP contribution in [0, 0.1) is 23.2 Å². The zero-order valence-corrected chi connectivity index (χ0v) is 21.1. The van der Waals surface area contributed by atoms with Crippen molar-refractivity contribution >= 4 is 17.5 Å². The van der Waals surface area contributed by atoms with Crippen LogP contribution in [-0.2, 0) is 4.79 Å². The molecule has 6 N–H and O–H groups in total. The summed E-state index contributed by atoms with van der Waals surface area (Å²) in [7, 11) is 1.88. The summed E-state index contributed by atoms with van der Waals surface area (Å²) < 4.78 is 0. The lowest BCUT2D eigenvalue weighted by molar-refractivity contribution is -0.139. The van der Waals surface area contributed by atoms with Crippen LogP contribution in [0.5, 0.6) is 0 Å². The first-order valence-corrected chi connectivity index (χ1v) is 12.2. The number of piperidine rings is 2. The lowest BCUT2D eigenvalue weighted by Gasteiger charge is -2.48. The van der Waals surface area contributed by atoms with Crippen molar-refractivity contribution in [1.29, 1.82) is 0 Å². The van der Waals surface area contributed by atoms with Gasteiger partial charge in [-0.3, -0.25) is 4.79 Å². The number of rotatable bonds is 4. The van der Waals surface area contributed by atoms with E-state index in [-0.39, 0.29) is 41.1 Å². The number of alkyl halides is 1. The van der Waals surface area contributed by atoms with Crippen LogP contribution in [0.15, 0.2) is 12.2 Å². The van der Waals surface area contributed by atoms with Crippen molar-refractivity contribution in [3.8, 4) is 0 Å². The quantitative estimate of drug-likeness (QED) is 0.478. The van der Waals surface area contributed by atoms with E-state index in [0.29, 0.717) is 17.8 Å². The van der Waals surface area contributed by atoms with Gasteiger partial charge in [-0.25, -0.2) is 0 Å². The molecule has 0 bridgehead atoms. The molecule has 4 atom stereocenters. The first-order valence-electron chi connectivity index (χ1n) is 11.8. The van der Waals surface area contributed by atoms with E-state index >= 15 is 0 Å². The molecule has 3 rings (SSSR count). The van der Waals surface area contributed by atoms with Crippen molar-refractivity contribution in [2.24, 2.45) is 23.2 Å². The van der Waals surface area contributed by atoms with Gasteiger partial charge in [0.15, 0.2) is 0 Å². The maximum atomic E-state index is 12.8. The Balaban J connectivity index is 0. The van der Waals surface area contributed by atoms with Crippen LogP contribution < -0.4 is 10.6 Å². The molecule has 0 aromatic carbocycles. The van der Waals surface area contributed by atoms with Crippen LogP contribution in [0.2, 0.25) is 0 Å². The monoisotopic (exact) mass is 477 g/mol. The third kappa shape index (κ3) is 9.68. The molecule has 2 unspecified atom stereocenters. The fraction of sp³-hybridized carbons (Fsp3) is 0.880. The predicted octanol–water partition coefficient (Wildman–Crippen LogP) is 3.43. The molecular formula is C25H52ClN3O3. The molecule has 0 radical (unpaired) electrons. The van der Waals surface area contributed by atoms with Crippen LogP contribution in [-0.4, -0.2) is 66.4 Å². The summed E-state index contributed by atoms with van der Waals surface area (Å²) in [5.74, 6) is 1.82. The van der Waals surface area contributed by atoms with Gasteiger partial charge in [0.25, 0.3) is 0 Å². The average molecular weight is 478 g/mol. The SMILES string of the molecule is C.C1CCNCC1.CN[C@@H](C(=O)N1CC[C@H](C2C=CC(Cl)CC2)C(C)(C)C1)C(C)C.O.O. The van der Waals surface area contributed by atoms with Crippen LogP contribution in [0.1, 0.15) is 73.6 Å². The molecule has 192 valence electrons. The summed E-state index contributed by atoms with van der Waals surface area (Å²) in [5.41, 5.74) is 0.150. The molecule has 32 heavy (non-hydrogen) atoms. The van der Waals surface area contributed by atoms with Gasteiger partial charge >= 0.3 is 0 Å². The van der Waals surface area contributed by atoms with Gasteiger partial charge in [0.05, 0.1) is 11.4 Å². The minimum atomic E-state index is -0.0751. The standard InChI is InChI=1S/C19H33ClN2O.C5H11N.CH4.2H2O/c1-13(2)17(21-5)18(23)22-11-10-16(19(3,4)12-22)14-6-8-15(20)9-7-14;1-2-4-6-5-3-1;;;/h6,8,13-17,21H,7,9-12H2,1-5H3;6H,1-5H2;1H4;2*1H2/t14?,15?,16-,17-;;;;/m1..../s1. The number of carbonyl (C=O) groups excluding carboxylic acids is 1. The Morgan fingerprint density at radius 1 is 1.09 bits per heavy atom. The molecule has 2 fully saturated rings. The largest absolute Gasteiger partial charge is 0.412 e. The Labute approximate surface area is 202 Å². The second kappa shape index (κ2) is 16.0.